The van der Waals surface area contributed by atoms with Crippen LogP contribution in [0, 0.1) is 17.0 Å². The molecule has 138 valence electrons. The number of aryl methyl sites for hydroxylation is 1. The number of anilines is 1. The van der Waals surface area contributed by atoms with Crippen LogP contribution in [-0.4, -0.2) is 36.6 Å². The quantitative estimate of drug-likeness (QED) is 0.644. The number of rotatable bonds is 5. The Hall–Kier alpha value is -2.32. The third-order valence-electron chi connectivity index (χ3n) is 4.46. The van der Waals surface area contributed by atoms with Crippen LogP contribution in [0.4, 0.5) is 24.5 Å². The van der Waals surface area contributed by atoms with Crippen LogP contribution >= 0.6 is 0 Å². The molecule has 2 rings (SSSR count). The first-order valence-corrected chi connectivity index (χ1v) is 7.97. The summed E-state index contributed by atoms with van der Waals surface area (Å²) in [5, 5.41) is 12.9. The molecule has 0 aliphatic heterocycles. The van der Waals surface area contributed by atoms with E-state index >= 15 is 0 Å². The molecule has 1 N–H and O–H groups in total. The van der Waals surface area contributed by atoms with Crippen LogP contribution in [0.2, 0.25) is 0 Å². The molecular formula is C16H20F3N3O3. The molecule has 0 bridgehead atoms. The van der Waals surface area contributed by atoms with Crippen molar-refractivity contribution >= 4 is 17.3 Å². The molecule has 1 aromatic carbocycles. The molecule has 9 heteroatoms. The zero-order valence-corrected chi connectivity index (χ0v) is 14.0. The molecule has 6 nitrogen and oxygen atoms in total. The third-order valence-corrected chi connectivity index (χ3v) is 4.46. The van der Waals surface area contributed by atoms with Crippen molar-refractivity contribution in [2.75, 3.05) is 18.5 Å². The number of carbonyl (C=O) groups excluding carboxylic acids is 1. The summed E-state index contributed by atoms with van der Waals surface area (Å²) < 4.78 is 37.1. The number of nitro groups is 1. The number of hydrogen-bond acceptors (Lipinski definition) is 4. The van der Waals surface area contributed by atoms with Crippen molar-refractivity contribution < 1.29 is 22.9 Å². The highest BCUT2D eigenvalue weighted by molar-refractivity contribution is 6.00. The second-order valence-electron chi connectivity index (χ2n) is 6.26. The maximum atomic E-state index is 12.4. The number of benzene rings is 1. The van der Waals surface area contributed by atoms with Crippen LogP contribution in [0.25, 0.3) is 0 Å². The number of carbonyl (C=O) groups is 1. The summed E-state index contributed by atoms with van der Waals surface area (Å²) in [6.45, 7) is 0.0572. The standard InChI is InChI=1S/C16H20F3N3O3/c1-10-7-14(21(2)11-5-3-4-6-11)12(8-13(10)22(24)25)15(23)20-9-16(17,18)19/h7-8,11H,3-6,9H2,1-2H3,(H,20,23). The summed E-state index contributed by atoms with van der Waals surface area (Å²) in [5.74, 6) is -0.972. The van der Waals surface area contributed by atoms with Crippen LogP contribution < -0.4 is 10.2 Å². The molecule has 1 saturated carbocycles. The monoisotopic (exact) mass is 359 g/mol. The number of nitrogens with zero attached hydrogens (tertiary/aromatic N) is 2. The molecule has 1 fully saturated rings. The smallest absolute Gasteiger partial charge is 0.371 e. The van der Waals surface area contributed by atoms with Crippen LogP contribution in [0.3, 0.4) is 0 Å². The van der Waals surface area contributed by atoms with Gasteiger partial charge in [0.05, 0.1) is 16.2 Å². The highest BCUT2D eigenvalue weighted by Crippen LogP contribution is 2.33. The van der Waals surface area contributed by atoms with Gasteiger partial charge in [-0.2, -0.15) is 13.2 Å². The van der Waals surface area contributed by atoms with Crippen molar-refractivity contribution in [1.82, 2.24) is 5.32 Å². The highest BCUT2D eigenvalue weighted by atomic mass is 19.4. The van der Waals surface area contributed by atoms with Gasteiger partial charge in [-0.3, -0.25) is 14.9 Å². The zero-order valence-electron chi connectivity index (χ0n) is 14.0. The number of amides is 1. The van der Waals surface area contributed by atoms with E-state index in [1.165, 1.54) is 6.07 Å². The Morgan fingerprint density at radius 1 is 1.36 bits per heavy atom. The van der Waals surface area contributed by atoms with E-state index in [2.05, 4.69) is 0 Å². The second kappa shape index (κ2) is 7.28. The lowest BCUT2D eigenvalue weighted by Gasteiger charge is -2.28. The van der Waals surface area contributed by atoms with Crippen LogP contribution in [0.1, 0.15) is 41.6 Å². The molecule has 1 aliphatic rings. The fourth-order valence-electron chi connectivity index (χ4n) is 3.12. The minimum atomic E-state index is -4.55. The van der Waals surface area contributed by atoms with Gasteiger partial charge in [-0.1, -0.05) is 12.8 Å². The average molecular weight is 359 g/mol. The van der Waals surface area contributed by atoms with Gasteiger partial charge in [0.2, 0.25) is 0 Å². The molecule has 0 radical (unpaired) electrons. The first-order valence-electron chi connectivity index (χ1n) is 7.97. The molecule has 1 aromatic rings. The number of hydrogen-bond donors (Lipinski definition) is 1. The van der Waals surface area contributed by atoms with E-state index in [0.29, 0.717) is 11.3 Å². The maximum Gasteiger partial charge on any atom is 0.405 e. The van der Waals surface area contributed by atoms with E-state index in [4.69, 9.17) is 0 Å². The second-order valence-corrected chi connectivity index (χ2v) is 6.26. The first-order chi connectivity index (χ1) is 11.6. The summed E-state index contributed by atoms with van der Waals surface area (Å²) in [6.07, 6.45) is -0.650. The molecule has 1 aliphatic carbocycles. The van der Waals surface area contributed by atoms with Crippen LogP contribution in [0.5, 0.6) is 0 Å². The molecule has 0 saturated heterocycles. The molecule has 0 unspecified atom stereocenters. The topological polar surface area (TPSA) is 75.5 Å². The van der Waals surface area contributed by atoms with Gasteiger partial charge >= 0.3 is 6.18 Å². The van der Waals surface area contributed by atoms with Gasteiger partial charge in [-0.05, 0) is 25.8 Å². The normalized spacial score (nSPS) is 15.2. The van der Waals surface area contributed by atoms with E-state index in [-0.39, 0.29) is 17.3 Å². The number of alkyl halides is 3. The first kappa shape index (κ1) is 19.0. The van der Waals surface area contributed by atoms with E-state index in [1.807, 2.05) is 4.90 Å². The Kier molecular flexibility index (Phi) is 5.54. The van der Waals surface area contributed by atoms with Gasteiger partial charge in [0.15, 0.2) is 0 Å². The largest absolute Gasteiger partial charge is 0.405 e. The van der Waals surface area contributed by atoms with Gasteiger partial charge < -0.3 is 10.2 Å². The molecular weight excluding hydrogens is 339 g/mol. The Morgan fingerprint density at radius 2 is 1.96 bits per heavy atom. The maximum absolute atomic E-state index is 12.4. The van der Waals surface area contributed by atoms with E-state index < -0.39 is 23.6 Å². The number of nitro benzene ring substituents is 1. The Morgan fingerprint density at radius 3 is 2.48 bits per heavy atom. The average Bonchev–Trinajstić information content (AvgIpc) is 3.05. The molecule has 0 aromatic heterocycles. The minimum absolute atomic E-state index is 0.115. The Labute approximate surface area is 143 Å². The summed E-state index contributed by atoms with van der Waals surface area (Å²) in [4.78, 5) is 24.6. The lowest BCUT2D eigenvalue weighted by atomic mass is 10.0. The van der Waals surface area contributed by atoms with Gasteiger partial charge in [0.1, 0.15) is 6.54 Å². The SMILES string of the molecule is Cc1cc(N(C)C2CCCC2)c(C(=O)NCC(F)(F)F)cc1[N+](=O)[O-]. The predicted molar refractivity (Wildman–Crippen MR) is 86.9 cm³/mol. The third kappa shape index (κ3) is 4.61. The van der Waals surface area contributed by atoms with E-state index in [0.717, 1.165) is 31.7 Å². The Balaban J connectivity index is 2.40. The van der Waals surface area contributed by atoms with Crippen molar-refractivity contribution in [3.63, 3.8) is 0 Å². The lowest BCUT2D eigenvalue weighted by molar-refractivity contribution is -0.385. The van der Waals surface area contributed by atoms with Crippen LogP contribution in [-0.2, 0) is 0 Å². The van der Waals surface area contributed by atoms with Crippen molar-refractivity contribution in [2.45, 2.75) is 44.8 Å². The predicted octanol–water partition coefficient (Wildman–Crippen LogP) is 3.57. The fraction of sp³-hybridized carbons (Fsp3) is 0.562. The highest BCUT2D eigenvalue weighted by Gasteiger charge is 2.30. The minimum Gasteiger partial charge on any atom is -0.371 e. The van der Waals surface area contributed by atoms with Gasteiger partial charge in [0, 0.05) is 24.7 Å². The van der Waals surface area contributed by atoms with E-state index in [1.54, 1.807) is 19.3 Å². The molecule has 1 amide bonds. The van der Waals surface area contributed by atoms with Crippen molar-refractivity contribution in [1.29, 1.82) is 0 Å². The lowest BCUT2D eigenvalue weighted by Crippen LogP contribution is -2.36. The summed E-state index contributed by atoms with van der Waals surface area (Å²) in [7, 11) is 1.76. The summed E-state index contributed by atoms with van der Waals surface area (Å²) in [6, 6.07) is 2.72. The summed E-state index contributed by atoms with van der Waals surface area (Å²) >= 11 is 0. The van der Waals surface area contributed by atoms with Crippen molar-refractivity contribution in [3.8, 4) is 0 Å². The molecule has 25 heavy (non-hydrogen) atoms. The summed E-state index contributed by atoms with van der Waals surface area (Å²) in [5.41, 5.74) is 0.364. The van der Waals surface area contributed by atoms with E-state index in [9.17, 15) is 28.1 Å². The fourth-order valence-corrected chi connectivity index (χ4v) is 3.12. The molecule has 0 spiro atoms. The van der Waals surface area contributed by atoms with Crippen LogP contribution in [0.15, 0.2) is 12.1 Å². The van der Waals surface area contributed by atoms with Crippen molar-refractivity contribution in [2.24, 2.45) is 0 Å². The zero-order chi connectivity index (χ0) is 18.8. The van der Waals surface area contributed by atoms with Gasteiger partial charge in [-0.25, -0.2) is 0 Å². The van der Waals surface area contributed by atoms with Gasteiger partial charge in [-0.15, -0.1) is 0 Å². The van der Waals surface area contributed by atoms with Crippen molar-refractivity contribution in [3.05, 3.63) is 33.4 Å². The number of halogens is 3. The van der Waals surface area contributed by atoms with Gasteiger partial charge in [0.25, 0.3) is 11.6 Å². The number of nitrogens with one attached hydrogen (secondary N) is 1. The molecule has 0 atom stereocenters. The molecule has 0 heterocycles. The Bertz CT molecular complexity index is 671.